The molecule has 0 radical (unpaired) electrons. The Hall–Kier alpha value is -0.920. The van der Waals surface area contributed by atoms with E-state index in [0.717, 1.165) is 33.9 Å². The topological polar surface area (TPSA) is 63.6 Å². The predicted octanol–water partition coefficient (Wildman–Crippen LogP) is 1.35. The molecule has 84 valence electrons. The zero-order valence-electron chi connectivity index (χ0n) is 8.59. The van der Waals surface area contributed by atoms with Gasteiger partial charge >= 0.3 is 0 Å². The van der Waals surface area contributed by atoms with Crippen LogP contribution in [0.4, 0.5) is 0 Å². The maximum Gasteiger partial charge on any atom is 0.161 e. The third-order valence-corrected chi connectivity index (χ3v) is 4.21. The maximum absolute atomic E-state index is 4.17. The highest BCUT2D eigenvalue weighted by Gasteiger charge is 2.20. The number of aromatic nitrogens is 4. The van der Waals surface area contributed by atoms with Gasteiger partial charge in [0.25, 0.3) is 0 Å². The fourth-order valence-electron chi connectivity index (χ4n) is 1.39. The largest absolute Gasteiger partial charge is 0.314 e. The number of nitrogens with zero attached hydrogens (tertiary/aromatic N) is 4. The van der Waals surface area contributed by atoms with Gasteiger partial charge in [0.05, 0.1) is 6.20 Å². The van der Waals surface area contributed by atoms with E-state index in [9.17, 15) is 0 Å². The molecular formula is C9H11N5S2. The summed E-state index contributed by atoms with van der Waals surface area (Å²) in [7, 11) is 0. The molecule has 0 spiro atoms. The van der Waals surface area contributed by atoms with Crippen molar-refractivity contribution >= 4 is 22.9 Å². The van der Waals surface area contributed by atoms with Crippen molar-refractivity contribution < 1.29 is 0 Å². The minimum Gasteiger partial charge on any atom is -0.314 e. The summed E-state index contributed by atoms with van der Waals surface area (Å²) in [4.78, 5) is 0.999. The van der Waals surface area contributed by atoms with Crippen LogP contribution < -0.4 is 5.32 Å². The molecule has 0 bridgehead atoms. The molecule has 0 unspecified atom stereocenters. The van der Waals surface area contributed by atoms with E-state index in [1.807, 2.05) is 0 Å². The third-order valence-electron chi connectivity index (χ3n) is 2.39. The van der Waals surface area contributed by atoms with Gasteiger partial charge in [0.1, 0.15) is 9.88 Å². The predicted molar refractivity (Wildman–Crippen MR) is 63.5 cm³/mol. The molecule has 1 saturated carbocycles. The number of rotatable bonds is 5. The molecule has 7 heteroatoms. The molecule has 0 atom stereocenters. The van der Waals surface area contributed by atoms with Crippen LogP contribution >= 0.6 is 22.9 Å². The molecule has 0 saturated heterocycles. The lowest BCUT2D eigenvalue weighted by molar-refractivity contribution is 0.677. The first-order valence-electron chi connectivity index (χ1n) is 5.25. The molecule has 0 amide bonds. The van der Waals surface area contributed by atoms with Gasteiger partial charge in [-0.25, -0.2) is 0 Å². The number of nitrogens with one attached hydrogen (secondary N) is 1. The van der Waals surface area contributed by atoms with Crippen molar-refractivity contribution in [3.05, 3.63) is 11.2 Å². The van der Waals surface area contributed by atoms with Crippen LogP contribution in [0.5, 0.6) is 0 Å². The van der Waals surface area contributed by atoms with Crippen LogP contribution in [-0.4, -0.2) is 32.4 Å². The lowest BCUT2D eigenvalue weighted by Gasteiger charge is -1.97. The molecule has 0 aromatic carbocycles. The van der Waals surface area contributed by atoms with Crippen molar-refractivity contribution in [3.63, 3.8) is 0 Å². The molecular weight excluding hydrogens is 242 g/mol. The average Bonchev–Trinajstić information content (AvgIpc) is 2.83. The van der Waals surface area contributed by atoms with Gasteiger partial charge in [0.15, 0.2) is 5.01 Å². The second kappa shape index (κ2) is 4.52. The van der Waals surface area contributed by atoms with Crippen molar-refractivity contribution in [2.24, 2.45) is 0 Å². The minimum atomic E-state index is 0.762. The smallest absolute Gasteiger partial charge is 0.161 e. The zero-order valence-corrected chi connectivity index (χ0v) is 10.2. The Bertz CT molecular complexity index is 448. The molecule has 16 heavy (non-hydrogen) atoms. The van der Waals surface area contributed by atoms with E-state index in [2.05, 4.69) is 25.1 Å². The van der Waals surface area contributed by atoms with Crippen LogP contribution in [0.25, 0.3) is 9.88 Å². The van der Waals surface area contributed by atoms with Crippen LogP contribution in [0.1, 0.15) is 17.8 Å². The van der Waals surface area contributed by atoms with Crippen LogP contribution in [0, 0.1) is 0 Å². The molecule has 1 aliphatic carbocycles. The Morgan fingerprint density at radius 3 is 3.06 bits per heavy atom. The van der Waals surface area contributed by atoms with Crippen LogP contribution in [0.3, 0.4) is 0 Å². The Labute approximate surface area is 101 Å². The summed E-state index contributed by atoms with van der Waals surface area (Å²) in [6, 6.07) is 0.762. The standard InChI is InChI=1S/C9H11N5S2/c1-2-6(1)10-4-3-8-12-13-9(15-8)7-5-11-14-16-7/h5-6,10H,1-4H2. The van der Waals surface area contributed by atoms with E-state index in [-0.39, 0.29) is 0 Å². The first kappa shape index (κ1) is 10.2. The monoisotopic (exact) mass is 253 g/mol. The van der Waals surface area contributed by atoms with E-state index < -0.39 is 0 Å². The summed E-state index contributed by atoms with van der Waals surface area (Å²) >= 11 is 2.99. The summed E-state index contributed by atoms with van der Waals surface area (Å²) in [5, 5.41) is 17.6. The Morgan fingerprint density at radius 2 is 2.31 bits per heavy atom. The molecule has 0 aliphatic heterocycles. The second-order valence-corrected chi connectivity index (χ2v) is 5.61. The highest BCUT2D eigenvalue weighted by atomic mass is 32.1. The number of hydrogen-bond acceptors (Lipinski definition) is 7. The van der Waals surface area contributed by atoms with E-state index >= 15 is 0 Å². The fraction of sp³-hybridized carbons (Fsp3) is 0.556. The third kappa shape index (κ3) is 2.42. The summed E-state index contributed by atoms with van der Waals surface area (Å²) in [6.45, 7) is 1.00. The van der Waals surface area contributed by atoms with Gasteiger partial charge in [-0.15, -0.1) is 15.3 Å². The van der Waals surface area contributed by atoms with Crippen LogP contribution in [-0.2, 0) is 6.42 Å². The molecule has 1 fully saturated rings. The highest BCUT2D eigenvalue weighted by Crippen LogP contribution is 2.25. The van der Waals surface area contributed by atoms with Crippen LogP contribution in [0.2, 0.25) is 0 Å². The summed E-state index contributed by atoms with van der Waals surface area (Å²) in [5.74, 6) is 0. The molecule has 3 rings (SSSR count). The minimum absolute atomic E-state index is 0.762. The molecule has 2 aromatic heterocycles. The van der Waals surface area contributed by atoms with Gasteiger partial charge in [-0.3, -0.25) is 0 Å². The van der Waals surface area contributed by atoms with Crippen LogP contribution in [0.15, 0.2) is 6.20 Å². The Morgan fingerprint density at radius 1 is 1.38 bits per heavy atom. The van der Waals surface area contributed by atoms with Crippen molar-refractivity contribution in [2.75, 3.05) is 6.54 Å². The summed E-state index contributed by atoms with van der Waals surface area (Å²) in [6.07, 6.45) is 5.35. The second-order valence-electron chi connectivity index (χ2n) is 3.76. The van der Waals surface area contributed by atoms with Crippen molar-refractivity contribution in [1.82, 2.24) is 25.1 Å². The van der Waals surface area contributed by atoms with E-state index in [4.69, 9.17) is 0 Å². The molecule has 2 aromatic rings. The Balaban J connectivity index is 1.59. The molecule has 5 nitrogen and oxygen atoms in total. The van der Waals surface area contributed by atoms with E-state index in [1.54, 1.807) is 17.5 Å². The number of hydrogen-bond donors (Lipinski definition) is 1. The van der Waals surface area contributed by atoms with Gasteiger partial charge in [-0.1, -0.05) is 15.8 Å². The normalized spacial score (nSPS) is 15.5. The van der Waals surface area contributed by atoms with Crippen molar-refractivity contribution in [1.29, 1.82) is 0 Å². The molecule has 2 heterocycles. The van der Waals surface area contributed by atoms with Gasteiger partial charge in [-0.2, -0.15) is 0 Å². The first-order valence-corrected chi connectivity index (χ1v) is 6.84. The molecule has 1 aliphatic rings. The first-order chi connectivity index (χ1) is 7.92. The molecule has 1 N–H and O–H groups in total. The van der Waals surface area contributed by atoms with Gasteiger partial charge in [0, 0.05) is 19.0 Å². The van der Waals surface area contributed by atoms with E-state index in [1.165, 1.54) is 24.4 Å². The SMILES string of the molecule is c1nnsc1-c1nnc(CCNC2CC2)s1. The van der Waals surface area contributed by atoms with Crippen molar-refractivity contribution in [3.8, 4) is 9.88 Å². The highest BCUT2D eigenvalue weighted by molar-refractivity contribution is 7.19. The maximum atomic E-state index is 4.17. The Kier molecular flexibility index (Phi) is 2.90. The lowest BCUT2D eigenvalue weighted by atomic mass is 10.4. The fourth-order valence-corrected chi connectivity index (χ4v) is 2.76. The quantitative estimate of drug-likeness (QED) is 0.871. The average molecular weight is 253 g/mol. The van der Waals surface area contributed by atoms with Crippen molar-refractivity contribution in [2.45, 2.75) is 25.3 Å². The lowest BCUT2D eigenvalue weighted by Crippen LogP contribution is -2.19. The van der Waals surface area contributed by atoms with Gasteiger partial charge in [-0.05, 0) is 24.4 Å². The summed E-state index contributed by atoms with van der Waals surface area (Å²) < 4.78 is 3.82. The zero-order chi connectivity index (χ0) is 10.8. The van der Waals surface area contributed by atoms with E-state index in [0.29, 0.717) is 0 Å². The van der Waals surface area contributed by atoms with Gasteiger partial charge < -0.3 is 5.32 Å². The summed E-state index contributed by atoms with van der Waals surface area (Å²) in [5.41, 5.74) is 0. The van der Waals surface area contributed by atoms with Gasteiger partial charge in [0.2, 0.25) is 0 Å².